The number of rotatable bonds is 4. The average Bonchev–Trinajstić information content (AvgIpc) is 2.53. The Hall–Kier alpha value is -2.28. The van der Waals surface area contributed by atoms with Gasteiger partial charge in [-0.15, -0.1) is 0 Å². The van der Waals surface area contributed by atoms with E-state index in [0.29, 0.717) is 38.5 Å². The number of carbonyl (C=O) groups excluding carboxylic acids is 2. The standard InChI is InChI=1S/C14H20N4O3/c15-12-3-1-11(2-4-12)9-16-14(20)17-10-13(19)18-5-7-21-8-6-18/h1-4H,5-10,15H2,(H2,16,17,20). The van der Waals surface area contributed by atoms with Crippen molar-refractivity contribution in [2.45, 2.75) is 6.54 Å². The SMILES string of the molecule is Nc1ccc(CNC(=O)NCC(=O)N2CCOCC2)cc1. The van der Waals surface area contributed by atoms with Crippen molar-refractivity contribution >= 4 is 17.6 Å². The molecule has 2 rings (SSSR count). The predicted molar refractivity (Wildman–Crippen MR) is 78.5 cm³/mol. The third kappa shape index (κ3) is 4.96. The van der Waals surface area contributed by atoms with Gasteiger partial charge in [-0.3, -0.25) is 4.79 Å². The lowest BCUT2D eigenvalue weighted by Gasteiger charge is -2.26. The second-order valence-electron chi connectivity index (χ2n) is 4.77. The van der Waals surface area contributed by atoms with Gasteiger partial charge in [0.1, 0.15) is 0 Å². The molecule has 1 saturated heterocycles. The molecule has 3 amide bonds. The Morgan fingerprint density at radius 2 is 1.81 bits per heavy atom. The zero-order valence-corrected chi connectivity index (χ0v) is 11.8. The van der Waals surface area contributed by atoms with Gasteiger partial charge >= 0.3 is 6.03 Å². The first kappa shape index (κ1) is 15.1. The maximum absolute atomic E-state index is 11.8. The summed E-state index contributed by atoms with van der Waals surface area (Å²) < 4.78 is 5.17. The van der Waals surface area contributed by atoms with Gasteiger partial charge in [-0.2, -0.15) is 0 Å². The molecule has 0 unspecified atom stereocenters. The van der Waals surface area contributed by atoms with Crippen molar-refractivity contribution in [1.29, 1.82) is 0 Å². The zero-order chi connectivity index (χ0) is 15.1. The molecule has 1 fully saturated rings. The number of hydrogen-bond donors (Lipinski definition) is 3. The van der Waals surface area contributed by atoms with E-state index in [-0.39, 0.29) is 18.5 Å². The van der Waals surface area contributed by atoms with Gasteiger partial charge in [0.25, 0.3) is 0 Å². The van der Waals surface area contributed by atoms with Crippen LogP contribution in [0.1, 0.15) is 5.56 Å². The van der Waals surface area contributed by atoms with Crippen LogP contribution in [0, 0.1) is 0 Å². The van der Waals surface area contributed by atoms with Crippen LogP contribution in [0.15, 0.2) is 24.3 Å². The van der Waals surface area contributed by atoms with Crippen molar-refractivity contribution in [3.05, 3.63) is 29.8 Å². The van der Waals surface area contributed by atoms with Gasteiger partial charge in [0.2, 0.25) is 5.91 Å². The van der Waals surface area contributed by atoms with E-state index in [1.165, 1.54) is 0 Å². The summed E-state index contributed by atoms with van der Waals surface area (Å²) in [6.45, 7) is 2.64. The van der Waals surface area contributed by atoms with E-state index in [2.05, 4.69) is 10.6 Å². The summed E-state index contributed by atoms with van der Waals surface area (Å²) in [5, 5.41) is 5.24. The molecule has 7 heteroatoms. The third-order valence-electron chi connectivity index (χ3n) is 3.20. The molecule has 1 aromatic rings. The van der Waals surface area contributed by atoms with Crippen LogP contribution in [0.4, 0.5) is 10.5 Å². The van der Waals surface area contributed by atoms with Gasteiger partial charge in [0.15, 0.2) is 0 Å². The molecule has 114 valence electrons. The Balaban J connectivity index is 1.67. The first-order valence-electron chi connectivity index (χ1n) is 6.87. The summed E-state index contributed by atoms with van der Waals surface area (Å²) in [6.07, 6.45) is 0. The summed E-state index contributed by atoms with van der Waals surface area (Å²) in [7, 11) is 0. The summed E-state index contributed by atoms with van der Waals surface area (Å²) in [4.78, 5) is 25.1. The van der Waals surface area contributed by atoms with Crippen LogP contribution in [-0.4, -0.2) is 49.7 Å². The van der Waals surface area contributed by atoms with Crippen molar-refractivity contribution in [2.75, 3.05) is 38.6 Å². The third-order valence-corrected chi connectivity index (χ3v) is 3.20. The minimum Gasteiger partial charge on any atom is -0.399 e. The van der Waals surface area contributed by atoms with Gasteiger partial charge in [-0.1, -0.05) is 12.1 Å². The highest BCUT2D eigenvalue weighted by molar-refractivity contribution is 5.84. The maximum Gasteiger partial charge on any atom is 0.315 e. The van der Waals surface area contributed by atoms with Crippen molar-refractivity contribution < 1.29 is 14.3 Å². The molecule has 0 radical (unpaired) electrons. The minimum absolute atomic E-state index is 0.00638. The molecule has 1 aliphatic rings. The molecule has 0 aliphatic carbocycles. The number of benzene rings is 1. The van der Waals surface area contributed by atoms with E-state index in [0.717, 1.165) is 5.56 Å². The molecule has 4 N–H and O–H groups in total. The fourth-order valence-electron chi connectivity index (χ4n) is 1.96. The van der Waals surface area contributed by atoms with Gasteiger partial charge in [-0.25, -0.2) is 4.79 Å². The van der Waals surface area contributed by atoms with Crippen LogP contribution in [0.25, 0.3) is 0 Å². The zero-order valence-electron chi connectivity index (χ0n) is 11.8. The first-order valence-corrected chi connectivity index (χ1v) is 6.87. The molecule has 7 nitrogen and oxygen atoms in total. The van der Waals surface area contributed by atoms with E-state index >= 15 is 0 Å². The van der Waals surface area contributed by atoms with Crippen LogP contribution in [0.5, 0.6) is 0 Å². The number of anilines is 1. The second-order valence-corrected chi connectivity index (χ2v) is 4.77. The highest BCUT2D eigenvalue weighted by atomic mass is 16.5. The summed E-state index contributed by atoms with van der Waals surface area (Å²) >= 11 is 0. The Bertz CT molecular complexity index is 483. The van der Waals surface area contributed by atoms with E-state index in [1.54, 1.807) is 17.0 Å². The van der Waals surface area contributed by atoms with Gasteiger partial charge in [0.05, 0.1) is 19.8 Å². The molecular formula is C14H20N4O3. The number of carbonyl (C=O) groups is 2. The summed E-state index contributed by atoms with van der Waals surface area (Å²) in [5.41, 5.74) is 7.21. The monoisotopic (exact) mass is 292 g/mol. The Morgan fingerprint density at radius 1 is 1.14 bits per heavy atom. The molecule has 0 aromatic heterocycles. The van der Waals surface area contributed by atoms with E-state index in [4.69, 9.17) is 10.5 Å². The molecule has 1 aliphatic heterocycles. The van der Waals surface area contributed by atoms with Crippen LogP contribution >= 0.6 is 0 Å². The number of hydrogen-bond acceptors (Lipinski definition) is 4. The predicted octanol–water partition coefficient (Wildman–Crippen LogP) is -0.0732. The Kier molecular flexibility index (Phi) is 5.39. The van der Waals surface area contributed by atoms with Crippen molar-refractivity contribution in [2.24, 2.45) is 0 Å². The molecule has 0 atom stereocenters. The first-order chi connectivity index (χ1) is 10.1. The molecule has 1 heterocycles. The van der Waals surface area contributed by atoms with Crippen molar-refractivity contribution in [1.82, 2.24) is 15.5 Å². The average molecular weight is 292 g/mol. The van der Waals surface area contributed by atoms with Gasteiger partial charge in [0, 0.05) is 25.3 Å². The highest BCUT2D eigenvalue weighted by Crippen LogP contribution is 2.04. The number of ether oxygens (including phenoxy) is 1. The van der Waals surface area contributed by atoms with Crippen LogP contribution < -0.4 is 16.4 Å². The number of nitrogen functional groups attached to an aromatic ring is 1. The van der Waals surface area contributed by atoms with Crippen LogP contribution in [0.2, 0.25) is 0 Å². The number of morpholine rings is 1. The van der Waals surface area contributed by atoms with Crippen LogP contribution in [-0.2, 0) is 16.1 Å². The highest BCUT2D eigenvalue weighted by Gasteiger charge is 2.16. The lowest BCUT2D eigenvalue weighted by Crippen LogP contribution is -2.47. The molecular weight excluding hydrogens is 272 g/mol. The largest absolute Gasteiger partial charge is 0.399 e. The smallest absolute Gasteiger partial charge is 0.315 e. The topological polar surface area (TPSA) is 96.7 Å². The lowest BCUT2D eigenvalue weighted by atomic mass is 10.2. The molecule has 21 heavy (non-hydrogen) atoms. The number of nitrogens with one attached hydrogen (secondary N) is 2. The molecule has 0 spiro atoms. The Morgan fingerprint density at radius 3 is 2.48 bits per heavy atom. The summed E-state index contributed by atoms with van der Waals surface area (Å²) in [5.74, 6) is -0.0964. The fraction of sp³-hybridized carbons (Fsp3) is 0.429. The van der Waals surface area contributed by atoms with Crippen LogP contribution in [0.3, 0.4) is 0 Å². The summed E-state index contributed by atoms with van der Waals surface area (Å²) in [6, 6.07) is 6.87. The van der Waals surface area contributed by atoms with E-state index < -0.39 is 0 Å². The quantitative estimate of drug-likeness (QED) is 0.677. The molecule has 1 aromatic carbocycles. The second kappa shape index (κ2) is 7.49. The number of nitrogens with two attached hydrogens (primary N) is 1. The van der Waals surface area contributed by atoms with E-state index in [1.807, 2.05) is 12.1 Å². The molecule has 0 bridgehead atoms. The Labute approximate surface area is 123 Å². The van der Waals surface area contributed by atoms with Crippen molar-refractivity contribution in [3.63, 3.8) is 0 Å². The van der Waals surface area contributed by atoms with E-state index in [9.17, 15) is 9.59 Å². The number of urea groups is 1. The molecule has 0 saturated carbocycles. The lowest BCUT2D eigenvalue weighted by molar-refractivity contribution is -0.134. The maximum atomic E-state index is 11.8. The normalized spacial score (nSPS) is 14.6. The van der Waals surface area contributed by atoms with Gasteiger partial charge < -0.3 is 26.0 Å². The number of nitrogens with zero attached hydrogens (tertiary/aromatic N) is 1. The van der Waals surface area contributed by atoms with Gasteiger partial charge in [-0.05, 0) is 17.7 Å². The number of amides is 3. The minimum atomic E-state index is -0.367. The fourth-order valence-corrected chi connectivity index (χ4v) is 1.96. The van der Waals surface area contributed by atoms with Crippen molar-refractivity contribution in [3.8, 4) is 0 Å².